The minimum absolute atomic E-state index is 0.0226. The van der Waals surface area contributed by atoms with Gasteiger partial charge in [0, 0.05) is 5.54 Å². The van der Waals surface area contributed by atoms with Crippen molar-refractivity contribution in [2.75, 3.05) is 0 Å². The maximum absolute atomic E-state index is 10.1. The zero-order valence-corrected chi connectivity index (χ0v) is 7.74. The van der Waals surface area contributed by atoms with Crippen LogP contribution < -0.4 is 5.32 Å². The number of hydrogen-bond donors (Lipinski definition) is 1. The van der Waals surface area contributed by atoms with Crippen molar-refractivity contribution in [1.82, 2.24) is 5.32 Å². The van der Waals surface area contributed by atoms with Gasteiger partial charge < -0.3 is 5.32 Å². The molecule has 0 aromatic carbocycles. The first-order chi connectivity index (χ1) is 5.18. The van der Waals surface area contributed by atoms with Gasteiger partial charge in [-0.15, -0.1) is 0 Å². The largest absolute Gasteiger partial charge is 0.343 e. The highest BCUT2D eigenvalue weighted by Gasteiger charge is 2.20. The van der Waals surface area contributed by atoms with Crippen molar-refractivity contribution in [1.29, 1.82) is 0 Å². The van der Waals surface area contributed by atoms with Crippen LogP contribution in [0.15, 0.2) is 0 Å². The minimum Gasteiger partial charge on any atom is -0.343 e. The van der Waals surface area contributed by atoms with E-state index >= 15 is 0 Å². The first-order valence-electron chi connectivity index (χ1n) is 4.33. The van der Waals surface area contributed by atoms with Crippen LogP contribution in [0.25, 0.3) is 0 Å². The molecule has 1 N–H and O–H groups in total. The Balaban J connectivity index is 3.88. The number of hydrogen-bond acceptors (Lipinski definition) is 1. The summed E-state index contributed by atoms with van der Waals surface area (Å²) in [6.07, 6.45) is 6.06. The molecule has 1 radical (unpaired) electrons. The molecular weight excluding hydrogens is 138 g/mol. The molecule has 0 aliphatic carbocycles. The van der Waals surface area contributed by atoms with Crippen LogP contribution in [0.5, 0.6) is 0 Å². The summed E-state index contributed by atoms with van der Waals surface area (Å²) in [5.41, 5.74) is -0.0226. The van der Waals surface area contributed by atoms with Crippen molar-refractivity contribution < 1.29 is 4.79 Å². The van der Waals surface area contributed by atoms with Gasteiger partial charge in [0.1, 0.15) is 0 Å². The molecule has 0 aliphatic rings. The Labute approximate surface area is 69.4 Å². The second-order valence-electron chi connectivity index (χ2n) is 3.29. The first-order valence-corrected chi connectivity index (χ1v) is 4.33. The summed E-state index contributed by atoms with van der Waals surface area (Å²) in [6.45, 7) is 6.33. The molecule has 0 atom stereocenters. The lowest BCUT2D eigenvalue weighted by molar-refractivity contribution is 0.342. The Morgan fingerprint density at radius 2 is 1.73 bits per heavy atom. The molecule has 0 bridgehead atoms. The zero-order chi connectivity index (χ0) is 8.74. The first kappa shape index (κ1) is 10.5. The van der Waals surface area contributed by atoms with E-state index in [2.05, 4.69) is 26.1 Å². The second kappa shape index (κ2) is 5.16. The maximum Gasteiger partial charge on any atom is 0.309 e. The summed E-state index contributed by atoms with van der Waals surface area (Å²) in [4.78, 5) is 10.1. The van der Waals surface area contributed by atoms with Gasteiger partial charge in [-0.25, -0.2) is 0 Å². The summed E-state index contributed by atoms with van der Waals surface area (Å²) < 4.78 is 0. The smallest absolute Gasteiger partial charge is 0.309 e. The van der Waals surface area contributed by atoms with Crippen LogP contribution >= 0.6 is 0 Å². The van der Waals surface area contributed by atoms with Crippen LogP contribution in [0.1, 0.15) is 46.5 Å². The molecule has 2 nitrogen and oxygen atoms in total. The highest BCUT2D eigenvalue weighted by atomic mass is 16.1. The van der Waals surface area contributed by atoms with Gasteiger partial charge in [-0.05, 0) is 19.8 Å². The van der Waals surface area contributed by atoms with E-state index in [0.29, 0.717) is 0 Å². The molecule has 2 heteroatoms. The minimum atomic E-state index is -0.0226. The molecule has 0 rings (SSSR count). The standard InChI is InChI=1S/C9H18NO/c1-4-6-9(3,7-5-2)10-8-11/h4-7H2,1-3H3,(H,10,11). The molecule has 0 unspecified atom stereocenters. The summed E-state index contributed by atoms with van der Waals surface area (Å²) in [5.74, 6) is 0. The van der Waals surface area contributed by atoms with Gasteiger partial charge in [0.15, 0.2) is 0 Å². The third kappa shape index (κ3) is 4.02. The molecule has 65 valence electrons. The normalized spacial score (nSPS) is 11.2. The molecule has 0 fully saturated rings. The van der Waals surface area contributed by atoms with E-state index in [0.717, 1.165) is 25.7 Å². The van der Waals surface area contributed by atoms with Gasteiger partial charge in [0.05, 0.1) is 0 Å². The van der Waals surface area contributed by atoms with Gasteiger partial charge in [0.25, 0.3) is 0 Å². The molecule has 0 saturated carbocycles. The highest BCUT2D eigenvalue weighted by Crippen LogP contribution is 2.17. The summed E-state index contributed by atoms with van der Waals surface area (Å²) in [5, 5.41) is 2.76. The van der Waals surface area contributed by atoms with Gasteiger partial charge in [0.2, 0.25) is 0 Å². The van der Waals surface area contributed by atoms with Gasteiger partial charge in [-0.3, -0.25) is 4.79 Å². The maximum atomic E-state index is 10.1. The Kier molecular flexibility index (Phi) is 4.92. The lowest BCUT2D eigenvalue weighted by atomic mass is 9.91. The fourth-order valence-electron chi connectivity index (χ4n) is 1.48. The fraction of sp³-hybridized carbons (Fsp3) is 0.889. The van der Waals surface area contributed by atoms with E-state index in [4.69, 9.17) is 0 Å². The molecule has 11 heavy (non-hydrogen) atoms. The van der Waals surface area contributed by atoms with Crippen LogP contribution in [-0.2, 0) is 4.79 Å². The molecule has 0 saturated heterocycles. The van der Waals surface area contributed by atoms with Crippen LogP contribution in [0.3, 0.4) is 0 Å². The molecule has 0 aliphatic heterocycles. The van der Waals surface area contributed by atoms with Gasteiger partial charge in [-0.1, -0.05) is 26.7 Å². The van der Waals surface area contributed by atoms with Crippen LogP contribution in [-0.4, -0.2) is 11.9 Å². The topological polar surface area (TPSA) is 29.1 Å². The summed E-state index contributed by atoms with van der Waals surface area (Å²) in [7, 11) is 0. The van der Waals surface area contributed by atoms with E-state index in [-0.39, 0.29) is 5.54 Å². The van der Waals surface area contributed by atoms with E-state index in [9.17, 15) is 4.79 Å². The van der Waals surface area contributed by atoms with Crippen LogP contribution in [0.2, 0.25) is 0 Å². The molecule has 0 heterocycles. The predicted octanol–water partition coefficient (Wildman–Crippen LogP) is 2.00. The quantitative estimate of drug-likeness (QED) is 0.585. The fourth-order valence-corrected chi connectivity index (χ4v) is 1.48. The van der Waals surface area contributed by atoms with E-state index in [1.807, 2.05) is 0 Å². The van der Waals surface area contributed by atoms with Crippen molar-refractivity contribution in [2.45, 2.75) is 52.0 Å². The second-order valence-corrected chi connectivity index (χ2v) is 3.29. The van der Waals surface area contributed by atoms with Crippen molar-refractivity contribution in [3.8, 4) is 0 Å². The van der Waals surface area contributed by atoms with Crippen molar-refractivity contribution in [3.63, 3.8) is 0 Å². The van der Waals surface area contributed by atoms with Crippen LogP contribution in [0.4, 0.5) is 0 Å². The lowest BCUT2D eigenvalue weighted by Gasteiger charge is -2.27. The Hall–Kier alpha value is -0.530. The van der Waals surface area contributed by atoms with Gasteiger partial charge in [-0.2, -0.15) is 0 Å². The monoisotopic (exact) mass is 156 g/mol. The third-order valence-corrected chi connectivity index (χ3v) is 1.96. The average Bonchev–Trinajstić information content (AvgIpc) is 1.88. The average molecular weight is 156 g/mol. The number of carbonyl (C=O) groups excluding carboxylic acids is 1. The lowest BCUT2D eigenvalue weighted by Crippen LogP contribution is -2.41. The Morgan fingerprint density at radius 1 is 1.27 bits per heavy atom. The zero-order valence-electron chi connectivity index (χ0n) is 7.74. The molecule has 0 aromatic heterocycles. The van der Waals surface area contributed by atoms with Crippen molar-refractivity contribution >= 4 is 6.41 Å². The van der Waals surface area contributed by atoms with Crippen molar-refractivity contribution in [2.24, 2.45) is 0 Å². The molecular formula is C9H18NO. The molecule has 0 aromatic rings. The molecule has 1 amide bonds. The summed E-state index contributed by atoms with van der Waals surface area (Å²) in [6, 6.07) is 0. The Morgan fingerprint density at radius 3 is 2.00 bits per heavy atom. The number of nitrogens with one attached hydrogen (secondary N) is 1. The predicted molar refractivity (Wildman–Crippen MR) is 47.1 cm³/mol. The van der Waals surface area contributed by atoms with E-state index < -0.39 is 0 Å². The number of rotatable bonds is 6. The van der Waals surface area contributed by atoms with E-state index in [1.165, 1.54) is 0 Å². The van der Waals surface area contributed by atoms with Gasteiger partial charge >= 0.3 is 6.41 Å². The third-order valence-electron chi connectivity index (χ3n) is 1.96. The Bertz CT molecular complexity index is 106. The SMILES string of the molecule is CCCC(C)(CCC)N[C]=O. The number of amides is 1. The van der Waals surface area contributed by atoms with E-state index in [1.54, 1.807) is 6.41 Å². The van der Waals surface area contributed by atoms with Crippen LogP contribution in [0, 0.1) is 0 Å². The highest BCUT2D eigenvalue weighted by molar-refractivity contribution is 5.48. The molecule has 0 spiro atoms. The van der Waals surface area contributed by atoms with Crippen molar-refractivity contribution in [3.05, 3.63) is 0 Å². The summed E-state index contributed by atoms with van der Waals surface area (Å²) >= 11 is 0.